The normalized spacial score (nSPS) is 12.5. The molecule has 0 saturated heterocycles. The van der Waals surface area contributed by atoms with Crippen LogP contribution >= 0.6 is 0 Å². The molecule has 0 N–H and O–H groups in total. The minimum atomic E-state index is -0.794. The lowest BCUT2D eigenvalue weighted by molar-refractivity contribution is 0.0141. The van der Waals surface area contributed by atoms with E-state index in [0.29, 0.717) is 6.54 Å². The van der Waals surface area contributed by atoms with E-state index in [9.17, 15) is 13.6 Å². The Balaban J connectivity index is 2.60. The summed E-state index contributed by atoms with van der Waals surface area (Å²) >= 11 is 0. The molecular formula is C14H19F2NO2. The Labute approximate surface area is 112 Å². The fourth-order valence-corrected chi connectivity index (χ4v) is 1.69. The first-order valence-electron chi connectivity index (χ1n) is 6.35. The van der Waals surface area contributed by atoms with Crippen molar-refractivity contribution < 1.29 is 18.3 Å². The van der Waals surface area contributed by atoms with Crippen LogP contribution in [0.25, 0.3) is 0 Å². The standard InChI is InChI=1S/C14H19F2NO2/c1-3-17(4-2)10-13(9-15)19-14(18)11-5-7-12(16)8-6-11/h5-8,13H,3-4,9-10H2,1-2H3. The Morgan fingerprint density at radius 3 is 2.32 bits per heavy atom. The van der Waals surface area contributed by atoms with Crippen LogP contribution in [-0.2, 0) is 4.74 Å². The molecule has 3 nitrogen and oxygen atoms in total. The lowest BCUT2D eigenvalue weighted by atomic mass is 10.2. The van der Waals surface area contributed by atoms with Crippen molar-refractivity contribution in [3.05, 3.63) is 35.6 Å². The number of esters is 1. The lowest BCUT2D eigenvalue weighted by Gasteiger charge is -2.23. The SMILES string of the molecule is CCN(CC)CC(CF)OC(=O)c1ccc(F)cc1. The van der Waals surface area contributed by atoms with E-state index in [4.69, 9.17) is 4.74 Å². The van der Waals surface area contributed by atoms with Crippen molar-refractivity contribution in [2.24, 2.45) is 0 Å². The second kappa shape index (κ2) is 7.84. The minimum absolute atomic E-state index is 0.222. The van der Waals surface area contributed by atoms with Crippen molar-refractivity contribution in [1.29, 1.82) is 0 Å². The van der Waals surface area contributed by atoms with Gasteiger partial charge in [-0.05, 0) is 37.4 Å². The summed E-state index contributed by atoms with van der Waals surface area (Å²) in [7, 11) is 0. The summed E-state index contributed by atoms with van der Waals surface area (Å²) in [4.78, 5) is 13.7. The van der Waals surface area contributed by atoms with Crippen LogP contribution in [0.2, 0.25) is 0 Å². The molecule has 0 fully saturated rings. The van der Waals surface area contributed by atoms with Gasteiger partial charge in [-0.25, -0.2) is 13.6 Å². The van der Waals surface area contributed by atoms with E-state index < -0.39 is 24.6 Å². The molecule has 0 radical (unpaired) electrons. The predicted octanol–water partition coefficient (Wildman–Crippen LogP) is 2.66. The summed E-state index contributed by atoms with van der Waals surface area (Å²) in [5, 5.41) is 0. The molecule has 1 unspecified atom stereocenters. The topological polar surface area (TPSA) is 29.5 Å². The first kappa shape index (κ1) is 15.6. The second-order valence-electron chi connectivity index (χ2n) is 4.17. The lowest BCUT2D eigenvalue weighted by Crippen LogP contribution is -2.36. The smallest absolute Gasteiger partial charge is 0.338 e. The third-order valence-corrected chi connectivity index (χ3v) is 2.88. The predicted molar refractivity (Wildman–Crippen MR) is 69.4 cm³/mol. The quantitative estimate of drug-likeness (QED) is 0.714. The molecular weight excluding hydrogens is 252 g/mol. The maximum absolute atomic E-state index is 12.9. The molecule has 1 atom stereocenters. The van der Waals surface area contributed by atoms with Crippen molar-refractivity contribution in [3.63, 3.8) is 0 Å². The third kappa shape index (κ3) is 4.95. The highest BCUT2D eigenvalue weighted by Gasteiger charge is 2.18. The van der Waals surface area contributed by atoms with Crippen LogP contribution in [0, 0.1) is 5.82 Å². The molecule has 1 rings (SSSR count). The van der Waals surface area contributed by atoms with Crippen LogP contribution in [0.15, 0.2) is 24.3 Å². The minimum Gasteiger partial charge on any atom is -0.455 e. The van der Waals surface area contributed by atoms with Gasteiger partial charge in [0.15, 0.2) is 0 Å². The van der Waals surface area contributed by atoms with E-state index in [1.54, 1.807) is 0 Å². The number of nitrogens with zero attached hydrogens (tertiary/aromatic N) is 1. The van der Waals surface area contributed by atoms with E-state index in [1.807, 2.05) is 18.7 Å². The van der Waals surface area contributed by atoms with Crippen molar-refractivity contribution in [3.8, 4) is 0 Å². The number of ether oxygens (including phenoxy) is 1. The Kier molecular flexibility index (Phi) is 6.42. The molecule has 5 heteroatoms. The van der Waals surface area contributed by atoms with E-state index in [2.05, 4.69) is 0 Å². The van der Waals surface area contributed by atoms with Gasteiger partial charge in [0.2, 0.25) is 0 Å². The van der Waals surface area contributed by atoms with Gasteiger partial charge in [-0.1, -0.05) is 13.8 Å². The molecule has 1 aromatic carbocycles. The van der Waals surface area contributed by atoms with E-state index in [0.717, 1.165) is 13.1 Å². The van der Waals surface area contributed by atoms with Crippen molar-refractivity contribution in [2.75, 3.05) is 26.3 Å². The molecule has 0 amide bonds. The molecule has 0 bridgehead atoms. The van der Waals surface area contributed by atoms with Crippen LogP contribution < -0.4 is 0 Å². The first-order valence-corrected chi connectivity index (χ1v) is 6.35. The summed E-state index contributed by atoms with van der Waals surface area (Å²) in [5.74, 6) is -1.06. The zero-order valence-electron chi connectivity index (χ0n) is 11.2. The molecule has 0 spiro atoms. The highest BCUT2D eigenvalue weighted by molar-refractivity contribution is 5.89. The van der Waals surface area contributed by atoms with Gasteiger partial charge in [0.1, 0.15) is 18.6 Å². The molecule has 0 heterocycles. The van der Waals surface area contributed by atoms with Gasteiger partial charge in [0.05, 0.1) is 5.56 Å². The summed E-state index contributed by atoms with van der Waals surface area (Å²) in [6.07, 6.45) is -0.794. The maximum atomic E-state index is 12.9. The molecule has 0 aliphatic carbocycles. The fraction of sp³-hybridized carbons (Fsp3) is 0.500. The average Bonchev–Trinajstić information content (AvgIpc) is 2.43. The largest absolute Gasteiger partial charge is 0.455 e. The average molecular weight is 271 g/mol. The summed E-state index contributed by atoms with van der Waals surface area (Å²) in [6.45, 7) is 5.07. The van der Waals surface area contributed by atoms with E-state index in [1.165, 1.54) is 24.3 Å². The molecule has 19 heavy (non-hydrogen) atoms. The monoisotopic (exact) mass is 271 g/mol. The number of rotatable bonds is 7. The number of likely N-dealkylation sites (N-methyl/N-ethyl adjacent to an activating group) is 1. The second-order valence-corrected chi connectivity index (χ2v) is 4.17. The Morgan fingerprint density at radius 2 is 1.84 bits per heavy atom. The highest BCUT2D eigenvalue weighted by Crippen LogP contribution is 2.08. The molecule has 0 aliphatic rings. The van der Waals surface area contributed by atoms with Gasteiger partial charge in [-0.2, -0.15) is 0 Å². The number of halogens is 2. The number of carbonyl (C=O) groups is 1. The van der Waals surface area contributed by atoms with Crippen molar-refractivity contribution >= 4 is 5.97 Å². The van der Waals surface area contributed by atoms with Gasteiger partial charge in [0, 0.05) is 6.54 Å². The number of carbonyl (C=O) groups excluding carboxylic acids is 1. The number of hydrogen-bond acceptors (Lipinski definition) is 3. The summed E-state index contributed by atoms with van der Waals surface area (Å²) < 4.78 is 30.7. The van der Waals surface area contributed by atoms with Crippen LogP contribution in [0.1, 0.15) is 24.2 Å². The highest BCUT2D eigenvalue weighted by atomic mass is 19.1. The van der Waals surface area contributed by atoms with Gasteiger partial charge >= 0.3 is 5.97 Å². The van der Waals surface area contributed by atoms with E-state index >= 15 is 0 Å². The number of benzene rings is 1. The maximum Gasteiger partial charge on any atom is 0.338 e. The number of hydrogen-bond donors (Lipinski definition) is 0. The van der Waals surface area contributed by atoms with Crippen LogP contribution in [0.5, 0.6) is 0 Å². The van der Waals surface area contributed by atoms with Crippen molar-refractivity contribution in [1.82, 2.24) is 4.90 Å². The molecule has 0 aliphatic heterocycles. The Hall–Kier alpha value is -1.49. The van der Waals surface area contributed by atoms with E-state index in [-0.39, 0.29) is 5.56 Å². The van der Waals surface area contributed by atoms with Gasteiger partial charge in [0.25, 0.3) is 0 Å². The van der Waals surface area contributed by atoms with Crippen LogP contribution in [-0.4, -0.2) is 43.3 Å². The zero-order valence-corrected chi connectivity index (χ0v) is 11.2. The van der Waals surface area contributed by atoms with Gasteiger partial charge in [-0.3, -0.25) is 0 Å². The Bertz CT molecular complexity index is 391. The first-order chi connectivity index (χ1) is 9.10. The molecule has 1 aromatic rings. The van der Waals surface area contributed by atoms with Crippen LogP contribution in [0.4, 0.5) is 8.78 Å². The summed E-state index contributed by atoms with van der Waals surface area (Å²) in [5.41, 5.74) is 0.222. The fourth-order valence-electron chi connectivity index (χ4n) is 1.69. The summed E-state index contributed by atoms with van der Waals surface area (Å²) in [6, 6.07) is 4.99. The van der Waals surface area contributed by atoms with Crippen molar-refractivity contribution in [2.45, 2.75) is 20.0 Å². The zero-order chi connectivity index (χ0) is 14.3. The van der Waals surface area contributed by atoms with Gasteiger partial charge in [-0.15, -0.1) is 0 Å². The third-order valence-electron chi connectivity index (χ3n) is 2.88. The Morgan fingerprint density at radius 1 is 1.26 bits per heavy atom. The molecule has 106 valence electrons. The van der Waals surface area contributed by atoms with Crippen LogP contribution in [0.3, 0.4) is 0 Å². The molecule has 0 aromatic heterocycles. The van der Waals surface area contributed by atoms with Gasteiger partial charge < -0.3 is 9.64 Å². The molecule has 0 saturated carbocycles. The number of alkyl halides is 1.